The highest BCUT2D eigenvalue weighted by molar-refractivity contribution is 5.94. The van der Waals surface area contributed by atoms with Crippen LogP contribution in [0, 0.1) is 17.2 Å². The van der Waals surface area contributed by atoms with Crippen molar-refractivity contribution in [2.24, 2.45) is 5.92 Å². The van der Waals surface area contributed by atoms with Gasteiger partial charge in [0.05, 0.1) is 16.8 Å². The number of piperidine rings is 1. The van der Waals surface area contributed by atoms with E-state index in [-0.39, 0.29) is 0 Å². The lowest BCUT2D eigenvalue weighted by Crippen LogP contribution is -2.47. The molecular weight excluding hydrogens is 386 g/mol. The molecule has 0 spiro atoms. The largest absolute Gasteiger partial charge is 0.366 e. The topological polar surface area (TPSA) is 72.2 Å². The molecule has 2 aromatic heterocycles. The lowest BCUT2D eigenvalue weighted by atomic mass is 10.0. The third-order valence-corrected chi connectivity index (χ3v) is 6.41. The molecule has 1 unspecified atom stereocenters. The first kappa shape index (κ1) is 19.6. The van der Waals surface area contributed by atoms with Crippen LogP contribution in [-0.2, 0) is 0 Å². The van der Waals surface area contributed by atoms with E-state index < -0.39 is 0 Å². The molecule has 3 aromatic rings. The van der Waals surface area contributed by atoms with E-state index in [9.17, 15) is 5.26 Å². The number of hydrogen-bond donors (Lipinski definition) is 0. The standard InChI is InChI=1S/C24H27N7/c1-18-5-4-8-31(16-18)23-13-22(27-17-28-23)29-9-11-30(12-10-29)24-19(14-25)15-26-21-7-3-2-6-20(21)24/h2-3,6-7,13,15,17-18H,4-5,8-12,16H2,1H3. The van der Waals surface area contributed by atoms with Gasteiger partial charge in [0, 0.05) is 56.9 Å². The third-order valence-electron chi connectivity index (χ3n) is 6.41. The summed E-state index contributed by atoms with van der Waals surface area (Å²) in [5.41, 5.74) is 2.56. The summed E-state index contributed by atoms with van der Waals surface area (Å²) < 4.78 is 0. The van der Waals surface area contributed by atoms with Crippen LogP contribution in [0.5, 0.6) is 0 Å². The zero-order chi connectivity index (χ0) is 21.2. The normalized spacial score (nSPS) is 19.5. The SMILES string of the molecule is CC1CCCN(c2cc(N3CCN(c4c(C#N)cnc5ccccc45)CC3)ncn2)C1. The summed E-state index contributed by atoms with van der Waals surface area (Å²) in [5, 5.41) is 10.7. The van der Waals surface area contributed by atoms with Gasteiger partial charge in [0.25, 0.3) is 0 Å². The fraction of sp³-hybridized carbons (Fsp3) is 0.417. The minimum absolute atomic E-state index is 0.635. The third kappa shape index (κ3) is 3.86. The van der Waals surface area contributed by atoms with Crippen LogP contribution in [0.3, 0.4) is 0 Å². The Morgan fingerprint density at radius 1 is 0.935 bits per heavy atom. The molecule has 0 amide bonds. The van der Waals surface area contributed by atoms with Crippen LogP contribution in [0.25, 0.3) is 10.9 Å². The predicted octanol–water partition coefficient (Wildman–Crippen LogP) is 3.46. The second kappa shape index (κ2) is 8.38. The van der Waals surface area contributed by atoms with Crippen molar-refractivity contribution < 1.29 is 0 Å². The molecule has 1 atom stereocenters. The van der Waals surface area contributed by atoms with E-state index in [1.165, 1.54) is 12.8 Å². The molecule has 5 rings (SSSR count). The second-order valence-electron chi connectivity index (χ2n) is 8.55. The van der Waals surface area contributed by atoms with Gasteiger partial charge in [-0.25, -0.2) is 9.97 Å². The van der Waals surface area contributed by atoms with Gasteiger partial charge in [-0.15, -0.1) is 0 Å². The van der Waals surface area contributed by atoms with Crippen molar-refractivity contribution in [3.63, 3.8) is 0 Å². The van der Waals surface area contributed by atoms with Crippen LogP contribution in [0.1, 0.15) is 25.3 Å². The Hall–Kier alpha value is -3.40. The molecule has 31 heavy (non-hydrogen) atoms. The summed E-state index contributed by atoms with van der Waals surface area (Å²) in [6.45, 7) is 7.83. The average molecular weight is 414 g/mol. The number of fused-ring (bicyclic) bond motifs is 1. The Morgan fingerprint density at radius 3 is 2.45 bits per heavy atom. The molecular formula is C24H27N7. The Balaban J connectivity index is 1.34. The van der Waals surface area contributed by atoms with Crippen molar-refractivity contribution in [2.75, 3.05) is 54.0 Å². The molecule has 4 heterocycles. The Bertz CT molecular complexity index is 1110. The molecule has 0 bridgehead atoms. The highest BCUT2D eigenvalue weighted by Crippen LogP contribution is 2.31. The van der Waals surface area contributed by atoms with Crippen molar-refractivity contribution in [1.29, 1.82) is 5.26 Å². The monoisotopic (exact) mass is 413 g/mol. The number of benzene rings is 1. The first-order valence-corrected chi connectivity index (χ1v) is 11.1. The number of piperazine rings is 1. The fourth-order valence-corrected chi connectivity index (χ4v) is 4.79. The van der Waals surface area contributed by atoms with Crippen LogP contribution < -0.4 is 14.7 Å². The van der Waals surface area contributed by atoms with Gasteiger partial charge in [0.1, 0.15) is 24.0 Å². The van der Waals surface area contributed by atoms with E-state index >= 15 is 0 Å². The highest BCUT2D eigenvalue weighted by Gasteiger charge is 2.24. The van der Waals surface area contributed by atoms with Crippen molar-refractivity contribution >= 4 is 28.2 Å². The number of hydrogen-bond acceptors (Lipinski definition) is 7. The summed E-state index contributed by atoms with van der Waals surface area (Å²) in [7, 11) is 0. The summed E-state index contributed by atoms with van der Waals surface area (Å²) >= 11 is 0. The number of pyridine rings is 1. The summed E-state index contributed by atoms with van der Waals surface area (Å²) in [5.74, 6) is 2.73. The second-order valence-corrected chi connectivity index (χ2v) is 8.55. The summed E-state index contributed by atoms with van der Waals surface area (Å²) in [6.07, 6.45) is 5.91. The summed E-state index contributed by atoms with van der Waals surface area (Å²) in [6, 6.07) is 12.5. The van der Waals surface area contributed by atoms with Crippen LogP contribution in [-0.4, -0.2) is 54.2 Å². The molecule has 2 aliphatic heterocycles. The van der Waals surface area contributed by atoms with Gasteiger partial charge in [-0.2, -0.15) is 5.26 Å². The molecule has 2 saturated heterocycles. The van der Waals surface area contributed by atoms with E-state index in [0.29, 0.717) is 11.5 Å². The van der Waals surface area contributed by atoms with Gasteiger partial charge in [0.2, 0.25) is 0 Å². The average Bonchev–Trinajstić information content (AvgIpc) is 2.83. The predicted molar refractivity (Wildman–Crippen MR) is 124 cm³/mol. The van der Waals surface area contributed by atoms with Gasteiger partial charge >= 0.3 is 0 Å². The maximum atomic E-state index is 9.66. The first-order valence-electron chi connectivity index (χ1n) is 11.1. The smallest absolute Gasteiger partial charge is 0.134 e. The van der Waals surface area contributed by atoms with Crippen LogP contribution in [0.15, 0.2) is 42.9 Å². The maximum absolute atomic E-state index is 9.66. The van der Waals surface area contributed by atoms with Gasteiger partial charge in [-0.3, -0.25) is 4.98 Å². The van der Waals surface area contributed by atoms with Gasteiger partial charge in [0.15, 0.2) is 0 Å². The molecule has 7 heteroatoms. The number of para-hydroxylation sites is 1. The molecule has 2 aliphatic rings. The molecule has 0 saturated carbocycles. The van der Waals surface area contributed by atoms with Crippen molar-refractivity contribution in [3.05, 3.63) is 48.4 Å². The lowest BCUT2D eigenvalue weighted by Gasteiger charge is -2.38. The molecule has 0 N–H and O–H groups in total. The van der Waals surface area contributed by atoms with Crippen LogP contribution in [0.4, 0.5) is 17.3 Å². The fourth-order valence-electron chi connectivity index (χ4n) is 4.79. The number of nitrogens with zero attached hydrogens (tertiary/aromatic N) is 7. The minimum atomic E-state index is 0.635. The minimum Gasteiger partial charge on any atom is -0.366 e. The Morgan fingerprint density at radius 2 is 1.68 bits per heavy atom. The molecule has 0 radical (unpaired) electrons. The summed E-state index contributed by atoms with van der Waals surface area (Å²) in [4.78, 5) is 20.6. The number of anilines is 3. The van der Waals surface area contributed by atoms with E-state index in [4.69, 9.17) is 0 Å². The highest BCUT2D eigenvalue weighted by atomic mass is 15.3. The number of rotatable bonds is 3. The number of aromatic nitrogens is 3. The van der Waals surface area contributed by atoms with Gasteiger partial charge in [-0.05, 0) is 24.8 Å². The van der Waals surface area contributed by atoms with E-state index in [1.54, 1.807) is 12.5 Å². The van der Waals surface area contributed by atoms with E-state index in [2.05, 4.69) is 54.8 Å². The van der Waals surface area contributed by atoms with E-state index in [1.807, 2.05) is 18.2 Å². The zero-order valence-corrected chi connectivity index (χ0v) is 17.9. The van der Waals surface area contributed by atoms with Gasteiger partial charge in [-0.1, -0.05) is 25.1 Å². The Kier molecular flexibility index (Phi) is 5.29. The van der Waals surface area contributed by atoms with Crippen molar-refractivity contribution in [1.82, 2.24) is 15.0 Å². The van der Waals surface area contributed by atoms with Gasteiger partial charge < -0.3 is 14.7 Å². The molecule has 7 nitrogen and oxygen atoms in total. The first-order chi connectivity index (χ1) is 15.2. The zero-order valence-electron chi connectivity index (χ0n) is 17.9. The molecule has 0 aliphatic carbocycles. The quantitative estimate of drug-likeness (QED) is 0.651. The molecule has 1 aromatic carbocycles. The van der Waals surface area contributed by atoms with Crippen LogP contribution in [0.2, 0.25) is 0 Å². The molecule has 158 valence electrons. The molecule has 2 fully saturated rings. The number of nitriles is 1. The van der Waals surface area contributed by atoms with Crippen molar-refractivity contribution in [3.8, 4) is 6.07 Å². The van der Waals surface area contributed by atoms with E-state index in [0.717, 1.165) is 67.5 Å². The van der Waals surface area contributed by atoms with Crippen molar-refractivity contribution in [2.45, 2.75) is 19.8 Å². The Labute approximate surface area is 183 Å². The van der Waals surface area contributed by atoms with Crippen LogP contribution >= 0.6 is 0 Å². The maximum Gasteiger partial charge on any atom is 0.134 e. The lowest BCUT2D eigenvalue weighted by molar-refractivity contribution is 0.444.